The van der Waals surface area contributed by atoms with Gasteiger partial charge in [0, 0.05) is 6.04 Å². The van der Waals surface area contributed by atoms with Crippen molar-refractivity contribution in [2.45, 2.75) is 44.6 Å². The van der Waals surface area contributed by atoms with Gasteiger partial charge in [-0.15, -0.1) is 0 Å². The number of hydrogen-bond donors (Lipinski definition) is 2. The Labute approximate surface area is 110 Å². The zero-order valence-corrected chi connectivity index (χ0v) is 11.4. The molecule has 0 aromatic rings. The highest BCUT2D eigenvalue weighted by molar-refractivity contribution is 5.70. The lowest BCUT2D eigenvalue weighted by atomic mass is 9.85. The number of rotatable bonds is 4. The minimum atomic E-state index is -0.608. The van der Waals surface area contributed by atoms with Gasteiger partial charge >= 0.3 is 5.97 Å². The number of likely N-dealkylation sites (tertiary alicyclic amines) is 1. The third-order valence-electron chi connectivity index (χ3n) is 4.61. The molecule has 0 unspecified atom stereocenters. The SMILES string of the molecule is CN1CCC(CNC2CCC(C(=O)O)CC2)CC1. The molecular weight excluding hydrogens is 228 g/mol. The molecule has 0 radical (unpaired) electrons. The molecule has 0 aromatic carbocycles. The summed E-state index contributed by atoms with van der Waals surface area (Å²) in [6.45, 7) is 3.56. The number of nitrogens with zero attached hydrogens (tertiary/aromatic N) is 1. The normalized spacial score (nSPS) is 31.4. The number of carbonyl (C=O) groups is 1. The predicted octanol–water partition coefficient (Wildman–Crippen LogP) is 1.56. The number of piperidine rings is 1. The number of nitrogens with one attached hydrogen (secondary N) is 1. The standard InChI is InChI=1S/C14H26N2O2/c1-16-8-6-11(7-9-16)10-15-13-4-2-12(3-5-13)14(17)18/h11-13,15H,2-10H2,1H3,(H,17,18). The van der Waals surface area contributed by atoms with Crippen molar-refractivity contribution in [1.29, 1.82) is 0 Å². The quantitative estimate of drug-likeness (QED) is 0.799. The van der Waals surface area contributed by atoms with Crippen LogP contribution in [0.15, 0.2) is 0 Å². The van der Waals surface area contributed by atoms with Crippen molar-refractivity contribution >= 4 is 5.97 Å². The molecule has 0 atom stereocenters. The predicted molar refractivity (Wildman–Crippen MR) is 71.6 cm³/mol. The summed E-state index contributed by atoms with van der Waals surface area (Å²) in [5.41, 5.74) is 0. The Morgan fingerprint density at radius 1 is 1.17 bits per heavy atom. The summed E-state index contributed by atoms with van der Waals surface area (Å²) in [4.78, 5) is 13.3. The molecule has 2 N–H and O–H groups in total. The van der Waals surface area contributed by atoms with E-state index in [4.69, 9.17) is 5.11 Å². The second kappa shape index (κ2) is 6.53. The monoisotopic (exact) mass is 254 g/mol. The molecule has 1 saturated heterocycles. The highest BCUT2D eigenvalue weighted by Crippen LogP contribution is 2.25. The van der Waals surface area contributed by atoms with E-state index >= 15 is 0 Å². The van der Waals surface area contributed by atoms with Crippen molar-refractivity contribution in [3.05, 3.63) is 0 Å². The minimum absolute atomic E-state index is 0.0913. The summed E-state index contributed by atoms with van der Waals surface area (Å²) in [5, 5.41) is 12.6. The maximum atomic E-state index is 10.9. The fourth-order valence-electron chi connectivity index (χ4n) is 3.14. The second-order valence-electron chi connectivity index (χ2n) is 6.04. The Morgan fingerprint density at radius 2 is 1.78 bits per heavy atom. The average Bonchev–Trinajstić information content (AvgIpc) is 2.38. The first-order valence-electron chi connectivity index (χ1n) is 7.30. The van der Waals surface area contributed by atoms with Crippen molar-refractivity contribution in [1.82, 2.24) is 10.2 Å². The molecule has 1 heterocycles. The summed E-state index contributed by atoms with van der Waals surface area (Å²) >= 11 is 0. The largest absolute Gasteiger partial charge is 0.481 e. The molecular formula is C14H26N2O2. The first-order chi connectivity index (χ1) is 8.65. The summed E-state index contributed by atoms with van der Waals surface area (Å²) in [5.74, 6) is 0.119. The molecule has 0 spiro atoms. The Bertz CT molecular complexity index is 267. The number of aliphatic carboxylic acids is 1. The van der Waals surface area contributed by atoms with E-state index in [2.05, 4.69) is 17.3 Å². The van der Waals surface area contributed by atoms with E-state index < -0.39 is 5.97 Å². The van der Waals surface area contributed by atoms with Crippen LogP contribution in [0.3, 0.4) is 0 Å². The molecule has 2 rings (SSSR count). The van der Waals surface area contributed by atoms with Gasteiger partial charge in [0.1, 0.15) is 0 Å². The van der Waals surface area contributed by atoms with Crippen molar-refractivity contribution in [3.8, 4) is 0 Å². The zero-order valence-electron chi connectivity index (χ0n) is 11.4. The molecule has 1 saturated carbocycles. The van der Waals surface area contributed by atoms with Gasteiger partial charge in [-0.25, -0.2) is 0 Å². The number of carboxylic acid groups (broad SMARTS) is 1. The topological polar surface area (TPSA) is 52.6 Å². The van der Waals surface area contributed by atoms with Crippen LogP contribution in [-0.4, -0.2) is 48.7 Å². The molecule has 2 fully saturated rings. The molecule has 0 bridgehead atoms. The minimum Gasteiger partial charge on any atom is -0.481 e. The highest BCUT2D eigenvalue weighted by Gasteiger charge is 2.26. The third kappa shape index (κ3) is 3.95. The summed E-state index contributed by atoms with van der Waals surface area (Å²) in [6.07, 6.45) is 6.36. The lowest BCUT2D eigenvalue weighted by Gasteiger charge is -2.32. The molecule has 0 amide bonds. The third-order valence-corrected chi connectivity index (χ3v) is 4.61. The maximum Gasteiger partial charge on any atom is 0.306 e. The molecule has 1 aliphatic carbocycles. The zero-order chi connectivity index (χ0) is 13.0. The summed E-state index contributed by atoms with van der Waals surface area (Å²) < 4.78 is 0. The average molecular weight is 254 g/mol. The molecule has 1 aliphatic heterocycles. The molecule has 2 aliphatic rings. The van der Waals surface area contributed by atoms with Gasteiger partial charge in [-0.05, 0) is 71.1 Å². The number of carboxylic acids is 1. The van der Waals surface area contributed by atoms with Crippen molar-refractivity contribution in [2.24, 2.45) is 11.8 Å². The van der Waals surface area contributed by atoms with Crippen molar-refractivity contribution in [2.75, 3.05) is 26.7 Å². The lowest BCUT2D eigenvalue weighted by molar-refractivity contribution is -0.142. The second-order valence-corrected chi connectivity index (χ2v) is 6.04. The van der Waals surface area contributed by atoms with Crippen LogP contribution in [0.5, 0.6) is 0 Å². The van der Waals surface area contributed by atoms with E-state index in [-0.39, 0.29) is 5.92 Å². The van der Waals surface area contributed by atoms with E-state index in [1.165, 1.54) is 25.9 Å². The lowest BCUT2D eigenvalue weighted by Crippen LogP contribution is -2.40. The molecule has 4 nitrogen and oxygen atoms in total. The van der Waals surface area contributed by atoms with E-state index in [1.54, 1.807) is 0 Å². The van der Waals surface area contributed by atoms with Crippen LogP contribution in [0.25, 0.3) is 0 Å². The van der Waals surface area contributed by atoms with Crippen molar-refractivity contribution < 1.29 is 9.90 Å². The van der Waals surface area contributed by atoms with Crippen molar-refractivity contribution in [3.63, 3.8) is 0 Å². The fourth-order valence-corrected chi connectivity index (χ4v) is 3.14. The van der Waals surface area contributed by atoms with Crippen LogP contribution in [0, 0.1) is 11.8 Å². The smallest absolute Gasteiger partial charge is 0.306 e. The van der Waals surface area contributed by atoms with Gasteiger partial charge in [0.25, 0.3) is 0 Å². The van der Waals surface area contributed by atoms with Gasteiger partial charge in [0.05, 0.1) is 5.92 Å². The summed E-state index contributed by atoms with van der Waals surface area (Å²) in [6, 6.07) is 0.556. The van der Waals surface area contributed by atoms with E-state index in [1.807, 2.05) is 0 Å². The van der Waals surface area contributed by atoms with E-state index in [9.17, 15) is 4.79 Å². The maximum absolute atomic E-state index is 10.9. The van der Waals surface area contributed by atoms with Gasteiger partial charge in [-0.1, -0.05) is 0 Å². The number of hydrogen-bond acceptors (Lipinski definition) is 3. The molecule has 18 heavy (non-hydrogen) atoms. The van der Waals surface area contributed by atoms with Gasteiger partial charge in [-0.2, -0.15) is 0 Å². The fraction of sp³-hybridized carbons (Fsp3) is 0.929. The van der Waals surface area contributed by atoms with Crippen LogP contribution in [-0.2, 0) is 4.79 Å². The molecule has 4 heteroatoms. The van der Waals surface area contributed by atoms with E-state index in [0.717, 1.165) is 38.1 Å². The summed E-state index contributed by atoms with van der Waals surface area (Å²) in [7, 11) is 2.19. The first kappa shape index (κ1) is 13.8. The van der Waals surface area contributed by atoms with Crippen LogP contribution >= 0.6 is 0 Å². The van der Waals surface area contributed by atoms with Gasteiger partial charge in [0.2, 0.25) is 0 Å². The van der Waals surface area contributed by atoms with Gasteiger partial charge in [-0.3, -0.25) is 4.79 Å². The highest BCUT2D eigenvalue weighted by atomic mass is 16.4. The Balaban J connectivity index is 1.62. The van der Waals surface area contributed by atoms with Crippen LogP contribution < -0.4 is 5.32 Å². The van der Waals surface area contributed by atoms with Crippen LogP contribution in [0.4, 0.5) is 0 Å². The van der Waals surface area contributed by atoms with E-state index in [0.29, 0.717) is 6.04 Å². The Kier molecular flexibility index (Phi) is 5.01. The van der Waals surface area contributed by atoms with Crippen LogP contribution in [0.1, 0.15) is 38.5 Å². The van der Waals surface area contributed by atoms with Crippen LogP contribution in [0.2, 0.25) is 0 Å². The Morgan fingerprint density at radius 3 is 2.33 bits per heavy atom. The molecule has 104 valence electrons. The first-order valence-corrected chi connectivity index (χ1v) is 7.30. The Hall–Kier alpha value is -0.610. The van der Waals surface area contributed by atoms with Gasteiger partial charge in [0.15, 0.2) is 0 Å². The molecule has 0 aromatic heterocycles. The van der Waals surface area contributed by atoms with Gasteiger partial charge < -0.3 is 15.3 Å².